The number of hydrogen-bond acceptors (Lipinski definition) is 3. The molecule has 1 amide bonds. The smallest absolute Gasteiger partial charge is 0.297 e. The summed E-state index contributed by atoms with van der Waals surface area (Å²) in [5.41, 5.74) is 2.74. The summed E-state index contributed by atoms with van der Waals surface area (Å²) in [5, 5.41) is 4.42. The molecule has 1 N–H and O–H groups in total. The minimum atomic E-state index is -0.593. The lowest BCUT2D eigenvalue weighted by Crippen LogP contribution is -2.22. The number of anilines is 1. The summed E-state index contributed by atoms with van der Waals surface area (Å²) in [6, 6.07) is 9.07. The quantitative estimate of drug-likeness (QED) is 0.679. The van der Waals surface area contributed by atoms with Crippen LogP contribution in [0.25, 0.3) is 0 Å². The van der Waals surface area contributed by atoms with E-state index in [1.807, 2.05) is 32.0 Å². The third-order valence-corrected chi connectivity index (χ3v) is 3.45. The van der Waals surface area contributed by atoms with Gasteiger partial charge in [-0.2, -0.15) is 0 Å². The fraction of sp³-hybridized carbons (Fsp3) is 0.143. The Labute approximate surface area is 109 Å². The Balaban J connectivity index is 2.14. The Morgan fingerprint density at radius 2 is 1.94 bits per heavy atom. The lowest BCUT2D eigenvalue weighted by atomic mass is 10.1. The molecule has 0 aliphatic rings. The van der Waals surface area contributed by atoms with Gasteiger partial charge in [0, 0.05) is 5.69 Å². The highest BCUT2D eigenvalue weighted by molar-refractivity contribution is 7.13. The molecule has 0 atom stereocenters. The van der Waals surface area contributed by atoms with Crippen molar-refractivity contribution in [3.63, 3.8) is 0 Å². The number of amides is 1. The highest BCUT2D eigenvalue weighted by Crippen LogP contribution is 2.17. The van der Waals surface area contributed by atoms with E-state index in [1.165, 1.54) is 11.3 Å². The van der Waals surface area contributed by atoms with Crippen molar-refractivity contribution >= 4 is 28.7 Å². The van der Waals surface area contributed by atoms with E-state index in [1.54, 1.807) is 17.5 Å². The molecule has 0 saturated heterocycles. The predicted molar refractivity (Wildman–Crippen MR) is 73.2 cm³/mol. The van der Waals surface area contributed by atoms with Crippen LogP contribution < -0.4 is 5.32 Å². The second kappa shape index (κ2) is 5.14. The van der Waals surface area contributed by atoms with E-state index in [-0.39, 0.29) is 0 Å². The van der Waals surface area contributed by atoms with Gasteiger partial charge in [-0.25, -0.2) is 0 Å². The highest BCUT2D eigenvalue weighted by atomic mass is 32.1. The minimum absolute atomic E-state index is 0.456. The normalized spacial score (nSPS) is 10.1. The van der Waals surface area contributed by atoms with Crippen LogP contribution in [0.4, 0.5) is 5.69 Å². The van der Waals surface area contributed by atoms with E-state index < -0.39 is 11.7 Å². The predicted octanol–water partition coefficient (Wildman–Crippen LogP) is 3.19. The van der Waals surface area contributed by atoms with Crippen molar-refractivity contribution in [1.82, 2.24) is 0 Å². The van der Waals surface area contributed by atoms with Crippen LogP contribution in [0.2, 0.25) is 0 Å². The number of carbonyl (C=O) groups is 2. The van der Waals surface area contributed by atoms with Gasteiger partial charge in [0.2, 0.25) is 0 Å². The largest absolute Gasteiger partial charge is 0.319 e. The first-order valence-corrected chi connectivity index (χ1v) is 6.42. The Morgan fingerprint density at radius 3 is 2.56 bits per heavy atom. The number of benzene rings is 1. The molecule has 0 bridgehead atoms. The van der Waals surface area contributed by atoms with Crippen LogP contribution >= 0.6 is 11.3 Å². The van der Waals surface area contributed by atoms with Crippen LogP contribution in [0.3, 0.4) is 0 Å². The summed E-state index contributed by atoms with van der Waals surface area (Å²) < 4.78 is 0. The summed E-state index contributed by atoms with van der Waals surface area (Å²) in [6.45, 7) is 3.88. The number of rotatable bonds is 3. The molecule has 0 aliphatic carbocycles. The number of Topliss-reactive ketones (excluding diaryl/α,β-unsaturated/α-hetero) is 1. The van der Waals surface area contributed by atoms with Crippen molar-refractivity contribution < 1.29 is 9.59 Å². The molecule has 0 unspecified atom stereocenters. The molecule has 0 spiro atoms. The summed E-state index contributed by atoms with van der Waals surface area (Å²) >= 11 is 1.27. The highest BCUT2D eigenvalue weighted by Gasteiger charge is 2.17. The number of carbonyl (C=O) groups excluding carboxylic acids is 2. The number of hydrogen-bond donors (Lipinski definition) is 1. The first-order valence-electron chi connectivity index (χ1n) is 5.54. The lowest BCUT2D eigenvalue weighted by Gasteiger charge is -2.07. The van der Waals surface area contributed by atoms with Crippen LogP contribution in [-0.4, -0.2) is 11.7 Å². The Bertz CT molecular complexity index is 588. The van der Waals surface area contributed by atoms with Gasteiger partial charge < -0.3 is 5.32 Å². The summed E-state index contributed by atoms with van der Waals surface area (Å²) in [7, 11) is 0. The monoisotopic (exact) mass is 259 g/mol. The average molecular weight is 259 g/mol. The summed E-state index contributed by atoms with van der Waals surface area (Å²) in [4.78, 5) is 24.0. The van der Waals surface area contributed by atoms with Gasteiger partial charge in [-0.15, -0.1) is 11.3 Å². The number of ketones is 1. The third-order valence-electron chi connectivity index (χ3n) is 2.58. The van der Waals surface area contributed by atoms with E-state index in [9.17, 15) is 9.59 Å². The van der Waals surface area contributed by atoms with E-state index in [0.717, 1.165) is 11.1 Å². The Morgan fingerprint density at radius 1 is 1.17 bits per heavy atom. The second-order valence-electron chi connectivity index (χ2n) is 4.08. The SMILES string of the molecule is Cc1ccc(NC(=O)C(=O)c2cccs2)c(C)c1. The maximum absolute atomic E-state index is 11.8. The van der Waals surface area contributed by atoms with E-state index in [0.29, 0.717) is 10.6 Å². The molecule has 2 aromatic rings. The van der Waals surface area contributed by atoms with Gasteiger partial charge in [0.1, 0.15) is 0 Å². The number of thiophene rings is 1. The number of nitrogens with one attached hydrogen (secondary N) is 1. The first-order chi connectivity index (χ1) is 8.58. The van der Waals surface area contributed by atoms with Crippen LogP contribution in [0.1, 0.15) is 20.8 Å². The molecule has 0 radical (unpaired) electrons. The maximum Gasteiger partial charge on any atom is 0.297 e. The zero-order chi connectivity index (χ0) is 13.1. The van der Waals surface area contributed by atoms with Crippen molar-refractivity contribution in [2.24, 2.45) is 0 Å². The molecule has 2 rings (SSSR count). The zero-order valence-corrected chi connectivity index (χ0v) is 11.0. The van der Waals surface area contributed by atoms with Gasteiger partial charge in [-0.1, -0.05) is 23.8 Å². The van der Waals surface area contributed by atoms with Crippen molar-refractivity contribution in [3.05, 3.63) is 51.7 Å². The molecule has 0 aliphatic heterocycles. The van der Waals surface area contributed by atoms with Crippen molar-refractivity contribution in [3.8, 4) is 0 Å². The molecule has 3 nitrogen and oxygen atoms in total. The van der Waals surface area contributed by atoms with Crippen molar-refractivity contribution in [1.29, 1.82) is 0 Å². The van der Waals surface area contributed by atoms with Gasteiger partial charge in [0.15, 0.2) is 0 Å². The molecular formula is C14H13NO2S. The molecule has 1 heterocycles. The van der Waals surface area contributed by atoms with E-state index in [2.05, 4.69) is 5.32 Å². The lowest BCUT2D eigenvalue weighted by molar-refractivity contribution is -0.112. The summed E-state index contributed by atoms with van der Waals surface area (Å²) in [5.74, 6) is -1.09. The van der Waals surface area contributed by atoms with Crippen LogP contribution in [-0.2, 0) is 4.79 Å². The average Bonchev–Trinajstić information content (AvgIpc) is 2.85. The van der Waals surface area contributed by atoms with E-state index >= 15 is 0 Å². The molecule has 18 heavy (non-hydrogen) atoms. The first kappa shape index (κ1) is 12.5. The van der Waals surface area contributed by atoms with Gasteiger partial charge in [0.25, 0.3) is 11.7 Å². The van der Waals surface area contributed by atoms with Crippen LogP contribution in [0.5, 0.6) is 0 Å². The molecule has 1 aromatic heterocycles. The Hall–Kier alpha value is -1.94. The molecule has 0 fully saturated rings. The van der Waals surface area contributed by atoms with Crippen LogP contribution in [0.15, 0.2) is 35.7 Å². The third kappa shape index (κ3) is 2.65. The summed E-state index contributed by atoms with van der Waals surface area (Å²) in [6.07, 6.45) is 0. The van der Waals surface area contributed by atoms with Gasteiger partial charge in [-0.05, 0) is 36.9 Å². The standard InChI is InChI=1S/C14H13NO2S/c1-9-5-6-11(10(2)8-9)15-14(17)13(16)12-4-3-7-18-12/h3-8H,1-2H3,(H,15,17). The topological polar surface area (TPSA) is 46.2 Å². The van der Waals surface area contributed by atoms with E-state index in [4.69, 9.17) is 0 Å². The Kier molecular flexibility index (Phi) is 3.58. The number of aryl methyl sites for hydroxylation is 2. The molecule has 4 heteroatoms. The molecule has 1 aromatic carbocycles. The minimum Gasteiger partial charge on any atom is -0.319 e. The van der Waals surface area contributed by atoms with Crippen molar-refractivity contribution in [2.75, 3.05) is 5.32 Å². The second-order valence-corrected chi connectivity index (χ2v) is 5.03. The van der Waals surface area contributed by atoms with Gasteiger partial charge >= 0.3 is 0 Å². The van der Waals surface area contributed by atoms with Gasteiger partial charge in [0.05, 0.1) is 4.88 Å². The fourth-order valence-corrected chi connectivity index (χ4v) is 2.31. The molecule has 0 saturated carbocycles. The molecular weight excluding hydrogens is 246 g/mol. The van der Waals surface area contributed by atoms with Crippen LogP contribution in [0, 0.1) is 13.8 Å². The maximum atomic E-state index is 11.8. The van der Waals surface area contributed by atoms with Gasteiger partial charge in [-0.3, -0.25) is 9.59 Å². The van der Waals surface area contributed by atoms with Crippen molar-refractivity contribution in [2.45, 2.75) is 13.8 Å². The fourth-order valence-electron chi connectivity index (χ4n) is 1.65. The zero-order valence-electron chi connectivity index (χ0n) is 10.2. The molecule has 92 valence electrons.